The Balaban J connectivity index is 1.58. The molecule has 0 aliphatic carbocycles. The molecule has 27 heavy (non-hydrogen) atoms. The fraction of sp³-hybridized carbons (Fsp3) is 0.318. The van der Waals surface area contributed by atoms with Gasteiger partial charge >= 0.3 is 0 Å². The number of amides is 1. The third-order valence-electron chi connectivity index (χ3n) is 5.67. The summed E-state index contributed by atoms with van der Waals surface area (Å²) in [5.74, 6) is 0.815. The highest BCUT2D eigenvalue weighted by Gasteiger charge is 2.24. The van der Waals surface area contributed by atoms with Crippen molar-refractivity contribution in [1.82, 2.24) is 9.55 Å². The number of carbonyl (C=O) groups excluding carboxylic acids is 1. The molecule has 2 aliphatic heterocycles. The standard InChI is InChI=1S/C22H21N3O2/c26-21(24-13-5-7-15-6-1-2-8-19(15)24)16-10-11-17-18(14-16)23-20-9-3-4-12-25(20)22(17)27/h1-2,6,8,10-11,14H,3-5,7,9,12-13H2. The summed E-state index contributed by atoms with van der Waals surface area (Å²) < 4.78 is 1.79. The molecule has 0 N–H and O–H groups in total. The predicted molar refractivity (Wildman–Crippen MR) is 105 cm³/mol. The van der Waals surface area contributed by atoms with Gasteiger partial charge in [-0.15, -0.1) is 0 Å². The molecule has 2 aliphatic rings. The molecule has 2 aromatic carbocycles. The highest BCUT2D eigenvalue weighted by molar-refractivity contribution is 6.08. The van der Waals surface area contributed by atoms with E-state index in [1.807, 2.05) is 23.1 Å². The summed E-state index contributed by atoms with van der Waals surface area (Å²) in [4.78, 5) is 32.5. The summed E-state index contributed by atoms with van der Waals surface area (Å²) in [5, 5.41) is 0.594. The maximum absolute atomic E-state index is 13.2. The molecule has 0 fully saturated rings. The number of aryl methyl sites for hydroxylation is 2. The molecule has 3 heterocycles. The van der Waals surface area contributed by atoms with Gasteiger partial charge in [-0.2, -0.15) is 0 Å². The molecule has 136 valence electrons. The molecule has 0 saturated heterocycles. The summed E-state index contributed by atoms with van der Waals surface area (Å²) in [6.45, 7) is 1.45. The normalized spacial score (nSPS) is 16.1. The van der Waals surface area contributed by atoms with Crippen LogP contribution in [0.15, 0.2) is 47.3 Å². The van der Waals surface area contributed by atoms with Gasteiger partial charge in [0.05, 0.1) is 10.9 Å². The van der Waals surface area contributed by atoms with Crippen LogP contribution in [-0.2, 0) is 19.4 Å². The monoisotopic (exact) mass is 359 g/mol. The van der Waals surface area contributed by atoms with E-state index in [0.29, 0.717) is 23.0 Å². The Hall–Kier alpha value is -2.95. The first-order chi connectivity index (χ1) is 13.2. The molecule has 0 atom stereocenters. The van der Waals surface area contributed by atoms with Crippen LogP contribution in [0, 0.1) is 0 Å². The van der Waals surface area contributed by atoms with Gasteiger partial charge in [0, 0.05) is 30.8 Å². The fourth-order valence-corrected chi connectivity index (χ4v) is 4.27. The van der Waals surface area contributed by atoms with E-state index in [4.69, 9.17) is 4.98 Å². The third-order valence-corrected chi connectivity index (χ3v) is 5.67. The van der Waals surface area contributed by atoms with E-state index in [1.54, 1.807) is 22.8 Å². The van der Waals surface area contributed by atoms with Crippen LogP contribution in [0.1, 0.15) is 41.0 Å². The van der Waals surface area contributed by atoms with Crippen molar-refractivity contribution >= 4 is 22.5 Å². The second-order valence-electron chi connectivity index (χ2n) is 7.36. The summed E-state index contributed by atoms with van der Waals surface area (Å²) in [6.07, 6.45) is 4.86. The largest absolute Gasteiger partial charge is 0.308 e. The zero-order chi connectivity index (χ0) is 18.4. The smallest absolute Gasteiger partial charge is 0.261 e. The van der Waals surface area contributed by atoms with Crippen LogP contribution in [0.25, 0.3) is 10.9 Å². The Morgan fingerprint density at radius 1 is 0.963 bits per heavy atom. The second-order valence-corrected chi connectivity index (χ2v) is 7.36. The number of hydrogen-bond acceptors (Lipinski definition) is 3. The molecule has 3 aromatic rings. The first-order valence-corrected chi connectivity index (χ1v) is 9.65. The summed E-state index contributed by atoms with van der Waals surface area (Å²) >= 11 is 0. The number of para-hydroxylation sites is 1. The van der Waals surface area contributed by atoms with Crippen LogP contribution < -0.4 is 10.5 Å². The van der Waals surface area contributed by atoms with Crippen molar-refractivity contribution in [3.63, 3.8) is 0 Å². The van der Waals surface area contributed by atoms with Crippen molar-refractivity contribution in [2.24, 2.45) is 0 Å². The van der Waals surface area contributed by atoms with Gasteiger partial charge in [-0.1, -0.05) is 18.2 Å². The van der Waals surface area contributed by atoms with Crippen molar-refractivity contribution in [2.45, 2.75) is 38.6 Å². The van der Waals surface area contributed by atoms with Crippen molar-refractivity contribution < 1.29 is 4.79 Å². The Kier molecular flexibility index (Phi) is 3.81. The highest BCUT2D eigenvalue weighted by atomic mass is 16.2. The van der Waals surface area contributed by atoms with Crippen molar-refractivity contribution in [3.8, 4) is 0 Å². The van der Waals surface area contributed by atoms with E-state index in [9.17, 15) is 9.59 Å². The first kappa shape index (κ1) is 16.2. The number of hydrogen-bond donors (Lipinski definition) is 0. The molecule has 0 saturated carbocycles. The number of fused-ring (bicyclic) bond motifs is 3. The Labute approximate surface area is 157 Å². The van der Waals surface area contributed by atoms with Crippen LogP contribution in [-0.4, -0.2) is 22.0 Å². The van der Waals surface area contributed by atoms with Crippen molar-refractivity contribution in [2.75, 3.05) is 11.4 Å². The lowest BCUT2D eigenvalue weighted by Crippen LogP contribution is -2.35. The molecular formula is C22H21N3O2. The van der Waals surface area contributed by atoms with E-state index >= 15 is 0 Å². The number of nitrogens with zero attached hydrogens (tertiary/aromatic N) is 3. The van der Waals surface area contributed by atoms with Crippen molar-refractivity contribution in [3.05, 3.63) is 69.8 Å². The second kappa shape index (κ2) is 6.34. The van der Waals surface area contributed by atoms with Crippen LogP contribution in [0.5, 0.6) is 0 Å². The Morgan fingerprint density at radius 2 is 1.85 bits per heavy atom. The van der Waals surface area contributed by atoms with Gasteiger partial charge in [-0.3, -0.25) is 14.2 Å². The fourth-order valence-electron chi connectivity index (χ4n) is 4.27. The van der Waals surface area contributed by atoms with Crippen molar-refractivity contribution in [1.29, 1.82) is 0 Å². The Bertz CT molecular complexity index is 1120. The number of benzene rings is 2. The Morgan fingerprint density at radius 3 is 2.78 bits per heavy atom. The number of carbonyl (C=O) groups is 1. The van der Waals surface area contributed by atoms with Gasteiger partial charge in [0.25, 0.3) is 11.5 Å². The maximum Gasteiger partial charge on any atom is 0.261 e. The van der Waals surface area contributed by atoms with Crippen LogP contribution >= 0.6 is 0 Å². The molecule has 1 aromatic heterocycles. The number of anilines is 1. The molecule has 1 amide bonds. The molecule has 0 radical (unpaired) electrons. The summed E-state index contributed by atoms with van der Waals surface area (Å²) in [5.41, 5.74) is 3.43. The molecule has 0 spiro atoms. The lowest BCUT2D eigenvalue weighted by atomic mass is 10.0. The van der Waals surface area contributed by atoms with E-state index in [-0.39, 0.29) is 11.5 Å². The van der Waals surface area contributed by atoms with Gasteiger partial charge in [0.15, 0.2) is 0 Å². The van der Waals surface area contributed by atoms with Gasteiger partial charge in [-0.25, -0.2) is 4.98 Å². The minimum Gasteiger partial charge on any atom is -0.308 e. The molecule has 5 heteroatoms. The van der Waals surface area contributed by atoms with Crippen LogP contribution in [0.2, 0.25) is 0 Å². The van der Waals surface area contributed by atoms with E-state index in [1.165, 1.54) is 5.56 Å². The average molecular weight is 359 g/mol. The van der Waals surface area contributed by atoms with Crippen LogP contribution in [0.4, 0.5) is 5.69 Å². The van der Waals surface area contributed by atoms with E-state index < -0.39 is 0 Å². The minimum absolute atomic E-state index is 0.0111. The zero-order valence-electron chi connectivity index (χ0n) is 15.1. The van der Waals surface area contributed by atoms with Gasteiger partial charge < -0.3 is 4.90 Å². The van der Waals surface area contributed by atoms with E-state index in [0.717, 1.165) is 50.2 Å². The molecule has 5 rings (SSSR count). The van der Waals surface area contributed by atoms with Gasteiger partial charge in [0.1, 0.15) is 5.82 Å². The summed E-state index contributed by atoms with van der Waals surface area (Å²) in [7, 11) is 0. The maximum atomic E-state index is 13.2. The van der Waals surface area contributed by atoms with Gasteiger partial charge in [-0.05, 0) is 55.5 Å². The highest BCUT2D eigenvalue weighted by Crippen LogP contribution is 2.28. The van der Waals surface area contributed by atoms with E-state index in [2.05, 4.69) is 6.07 Å². The van der Waals surface area contributed by atoms with Crippen LogP contribution in [0.3, 0.4) is 0 Å². The molecular weight excluding hydrogens is 338 g/mol. The molecule has 0 bridgehead atoms. The number of rotatable bonds is 1. The minimum atomic E-state index is -0.0244. The lowest BCUT2D eigenvalue weighted by molar-refractivity contribution is 0.0985. The van der Waals surface area contributed by atoms with Gasteiger partial charge in [0.2, 0.25) is 0 Å². The molecule has 0 unspecified atom stereocenters. The lowest BCUT2D eigenvalue weighted by Gasteiger charge is -2.29. The topological polar surface area (TPSA) is 55.2 Å². The first-order valence-electron chi connectivity index (χ1n) is 9.65. The zero-order valence-corrected chi connectivity index (χ0v) is 15.1. The number of aromatic nitrogens is 2. The molecule has 5 nitrogen and oxygen atoms in total. The quantitative estimate of drug-likeness (QED) is 0.670. The predicted octanol–water partition coefficient (Wildman–Crippen LogP) is 3.33. The SMILES string of the molecule is O=C(c1ccc2c(=O)n3c(nc2c1)CCCC3)N1CCCc2ccccc21. The third kappa shape index (κ3) is 2.65. The summed E-state index contributed by atoms with van der Waals surface area (Å²) in [6, 6.07) is 13.4. The average Bonchev–Trinajstić information content (AvgIpc) is 2.72.